The van der Waals surface area contributed by atoms with Crippen LogP contribution in [0.1, 0.15) is 23.7 Å². The number of nitrogens with zero attached hydrogens (tertiary/aromatic N) is 2. The van der Waals surface area contributed by atoms with Gasteiger partial charge in [-0.25, -0.2) is 4.98 Å². The van der Waals surface area contributed by atoms with Crippen LogP contribution < -0.4 is 15.0 Å². The molecular weight excluding hydrogens is 416 g/mol. The first-order valence-corrected chi connectivity index (χ1v) is 11.6. The standard InChI is InChI=1S/C23H24N2O3S2/c1-14-5-7-17(8-6-14)25-22(26)21-20(9-15(2)30-21)24-23(25)29-13-16-10-18(27-3)12-19(11-16)28-4/h5-8,10-12,15H,9,13H2,1-4H3. The average Bonchev–Trinajstić information content (AvgIpc) is 3.13. The van der Waals surface area contributed by atoms with Crippen LogP contribution in [-0.2, 0) is 12.2 Å². The first kappa shape index (κ1) is 20.9. The van der Waals surface area contributed by atoms with E-state index in [9.17, 15) is 4.79 Å². The first-order chi connectivity index (χ1) is 14.5. The van der Waals surface area contributed by atoms with E-state index in [0.29, 0.717) is 16.2 Å². The Morgan fingerprint density at radius 1 is 1.13 bits per heavy atom. The molecule has 1 aliphatic rings. The minimum Gasteiger partial charge on any atom is -0.497 e. The molecule has 1 atom stereocenters. The van der Waals surface area contributed by atoms with Gasteiger partial charge in [0.1, 0.15) is 11.5 Å². The maximum atomic E-state index is 13.4. The van der Waals surface area contributed by atoms with Crippen molar-refractivity contribution in [3.8, 4) is 17.2 Å². The van der Waals surface area contributed by atoms with E-state index in [0.717, 1.165) is 45.3 Å². The van der Waals surface area contributed by atoms with Gasteiger partial charge in [0.05, 0.1) is 30.5 Å². The Morgan fingerprint density at radius 2 is 1.80 bits per heavy atom. The van der Waals surface area contributed by atoms with Gasteiger partial charge in [-0.2, -0.15) is 0 Å². The van der Waals surface area contributed by atoms with Crippen molar-refractivity contribution >= 4 is 23.5 Å². The summed E-state index contributed by atoms with van der Waals surface area (Å²) in [4.78, 5) is 19.1. The van der Waals surface area contributed by atoms with E-state index in [4.69, 9.17) is 14.5 Å². The van der Waals surface area contributed by atoms with Gasteiger partial charge < -0.3 is 9.47 Å². The van der Waals surface area contributed by atoms with Gasteiger partial charge in [-0.05, 0) is 36.8 Å². The molecule has 156 valence electrons. The summed E-state index contributed by atoms with van der Waals surface area (Å²) in [6, 6.07) is 13.8. The van der Waals surface area contributed by atoms with Crippen molar-refractivity contribution in [2.75, 3.05) is 14.2 Å². The zero-order valence-corrected chi connectivity index (χ0v) is 19.1. The molecule has 0 bridgehead atoms. The van der Waals surface area contributed by atoms with E-state index >= 15 is 0 Å². The summed E-state index contributed by atoms with van der Waals surface area (Å²) in [5.74, 6) is 2.13. The molecule has 0 saturated heterocycles. The molecule has 7 heteroatoms. The summed E-state index contributed by atoms with van der Waals surface area (Å²) < 4.78 is 12.5. The quantitative estimate of drug-likeness (QED) is 0.402. The number of hydrogen-bond donors (Lipinski definition) is 0. The van der Waals surface area contributed by atoms with Crippen LogP contribution in [0.3, 0.4) is 0 Å². The minimum atomic E-state index is 0.0175. The average molecular weight is 441 g/mol. The van der Waals surface area contributed by atoms with Crippen molar-refractivity contribution < 1.29 is 9.47 Å². The molecule has 2 heterocycles. The summed E-state index contributed by atoms with van der Waals surface area (Å²) in [5, 5.41) is 1.08. The Balaban J connectivity index is 1.74. The molecule has 3 aromatic rings. The number of methoxy groups -OCH3 is 2. The summed E-state index contributed by atoms with van der Waals surface area (Å²) in [6.45, 7) is 4.17. The summed E-state index contributed by atoms with van der Waals surface area (Å²) >= 11 is 3.17. The highest BCUT2D eigenvalue weighted by molar-refractivity contribution is 8.00. The fourth-order valence-electron chi connectivity index (χ4n) is 3.42. The van der Waals surface area contributed by atoms with Gasteiger partial charge in [-0.1, -0.05) is 36.4 Å². The second kappa shape index (κ2) is 8.78. The van der Waals surface area contributed by atoms with Crippen molar-refractivity contribution in [2.24, 2.45) is 0 Å². The molecule has 30 heavy (non-hydrogen) atoms. The molecule has 2 aromatic carbocycles. The maximum absolute atomic E-state index is 13.4. The Hall–Kier alpha value is -2.38. The maximum Gasteiger partial charge on any atom is 0.272 e. The molecule has 0 spiro atoms. The van der Waals surface area contributed by atoms with Gasteiger partial charge in [0, 0.05) is 23.5 Å². The number of rotatable bonds is 6. The Morgan fingerprint density at radius 3 is 2.43 bits per heavy atom. The number of aryl methyl sites for hydroxylation is 1. The summed E-state index contributed by atoms with van der Waals surface area (Å²) in [7, 11) is 3.28. The molecule has 1 aliphatic heterocycles. The molecule has 1 unspecified atom stereocenters. The normalized spacial score (nSPS) is 15.1. The van der Waals surface area contributed by atoms with Crippen molar-refractivity contribution in [2.45, 2.75) is 41.3 Å². The predicted octanol–water partition coefficient (Wildman–Crippen LogP) is 4.89. The molecular formula is C23H24N2O3S2. The molecule has 0 fully saturated rings. The molecule has 0 amide bonds. The van der Waals surface area contributed by atoms with E-state index in [1.807, 2.05) is 49.4 Å². The van der Waals surface area contributed by atoms with E-state index in [2.05, 4.69) is 6.92 Å². The van der Waals surface area contributed by atoms with Crippen molar-refractivity contribution in [3.63, 3.8) is 0 Å². The minimum absolute atomic E-state index is 0.0175. The van der Waals surface area contributed by atoms with Gasteiger partial charge in [-0.3, -0.25) is 9.36 Å². The Labute approximate surface area is 184 Å². The van der Waals surface area contributed by atoms with E-state index in [-0.39, 0.29) is 5.56 Å². The summed E-state index contributed by atoms with van der Waals surface area (Å²) in [5.41, 5.74) is 3.97. The largest absolute Gasteiger partial charge is 0.497 e. The van der Waals surface area contributed by atoms with Gasteiger partial charge in [0.25, 0.3) is 5.56 Å². The smallest absolute Gasteiger partial charge is 0.272 e. The lowest BCUT2D eigenvalue weighted by Crippen LogP contribution is -2.23. The van der Waals surface area contributed by atoms with Crippen molar-refractivity contribution in [1.29, 1.82) is 0 Å². The van der Waals surface area contributed by atoms with Crippen LogP contribution in [0.25, 0.3) is 5.69 Å². The van der Waals surface area contributed by atoms with Crippen molar-refractivity contribution in [1.82, 2.24) is 9.55 Å². The molecule has 0 N–H and O–H groups in total. The zero-order valence-electron chi connectivity index (χ0n) is 17.5. The third-order valence-electron chi connectivity index (χ3n) is 4.95. The molecule has 1 aromatic heterocycles. The first-order valence-electron chi connectivity index (χ1n) is 9.73. The molecule has 5 nitrogen and oxygen atoms in total. The van der Waals surface area contributed by atoms with Gasteiger partial charge >= 0.3 is 0 Å². The van der Waals surface area contributed by atoms with Gasteiger partial charge in [0.15, 0.2) is 5.16 Å². The van der Waals surface area contributed by atoms with Gasteiger partial charge in [-0.15, -0.1) is 11.8 Å². The van der Waals surface area contributed by atoms with E-state index < -0.39 is 0 Å². The van der Waals surface area contributed by atoms with Crippen molar-refractivity contribution in [3.05, 3.63) is 69.6 Å². The lowest BCUT2D eigenvalue weighted by atomic mass is 10.2. The lowest BCUT2D eigenvalue weighted by molar-refractivity contribution is 0.393. The topological polar surface area (TPSA) is 53.3 Å². The van der Waals surface area contributed by atoms with Crippen LogP contribution in [0.5, 0.6) is 11.5 Å². The van der Waals surface area contributed by atoms with Crippen LogP contribution in [0.2, 0.25) is 0 Å². The number of benzene rings is 2. The second-order valence-corrected chi connectivity index (χ2v) is 9.68. The third kappa shape index (κ3) is 4.23. The molecule has 0 radical (unpaired) electrons. The fraction of sp³-hybridized carbons (Fsp3) is 0.304. The monoisotopic (exact) mass is 440 g/mol. The summed E-state index contributed by atoms with van der Waals surface area (Å²) in [6.07, 6.45) is 0.824. The second-order valence-electron chi connectivity index (χ2n) is 7.29. The zero-order chi connectivity index (χ0) is 21.3. The highest BCUT2D eigenvalue weighted by Crippen LogP contribution is 2.36. The Bertz CT molecular complexity index is 1100. The number of ether oxygens (including phenoxy) is 2. The third-order valence-corrected chi connectivity index (χ3v) is 7.18. The van der Waals surface area contributed by atoms with Crippen LogP contribution in [-0.4, -0.2) is 29.0 Å². The van der Waals surface area contributed by atoms with Crippen LogP contribution in [0.4, 0.5) is 0 Å². The van der Waals surface area contributed by atoms with Crippen LogP contribution >= 0.6 is 23.5 Å². The van der Waals surface area contributed by atoms with E-state index in [1.165, 1.54) is 0 Å². The number of aromatic nitrogens is 2. The highest BCUT2D eigenvalue weighted by atomic mass is 32.2. The highest BCUT2D eigenvalue weighted by Gasteiger charge is 2.26. The number of thioether (sulfide) groups is 2. The van der Waals surface area contributed by atoms with E-state index in [1.54, 1.807) is 42.3 Å². The molecule has 0 aliphatic carbocycles. The predicted molar refractivity (Wildman–Crippen MR) is 123 cm³/mol. The molecule has 0 saturated carbocycles. The van der Waals surface area contributed by atoms with Gasteiger partial charge in [0.2, 0.25) is 0 Å². The van der Waals surface area contributed by atoms with Crippen LogP contribution in [0, 0.1) is 6.92 Å². The Kier molecular flexibility index (Phi) is 6.11. The number of hydrogen-bond acceptors (Lipinski definition) is 6. The fourth-order valence-corrected chi connectivity index (χ4v) is 5.47. The SMILES string of the molecule is COc1cc(CSc2nc3c(c(=O)n2-c2ccc(C)cc2)SC(C)C3)cc(OC)c1. The molecule has 4 rings (SSSR count). The van der Waals surface area contributed by atoms with Crippen LogP contribution in [0.15, 0.2) is 57.3 Å². The lowest BCUT2D eigenvalue weighted by Gasteiger charge is -2.14. The number of fused-ring (bicyclic) bond motifs is 1.